The number of aryl methyl sites for hydroxylation is 4. The molecule has 0 spiro atoms. The molecule has 0 aliphatic carbocycles. The summed E-state index contributed by atoms with van der Waals surface area (Å²) in [5, 5.41) is 0. The number of nitrogens with zero attached hydrogens (tertiary/aromatic N) is 1. The van der Waals surface area contributed by atoms with Gasteiger partial charge in [-0.1, -0.05) is 12.1 Å². The molecular weight excluding hydrogens is 260 g/mol. The lowest BCUT2D eigenvalue weighted by atomic mass is 10.1. The fraction of sp³-hybridized carbons (Fsp3) is 0.278. The molecule has 0 saturated heterocycles. The average molecular weight is 282 g/mol. The number of rotatable bonds is 4. The minimum atomic E-state index is -0.340. The maximum absolute atomic E-state index is 11.5. The van der Waals surface area contributed by atoms with Crippen LogP contribution in [-0.2, 0) is 4.79 Å². The van der Waals surface area contributed by atoms with Crippen molar-refractivity contribution in [1.29, 1.82) is 0 Å². The number of anilines is 2. The summed E-state index contributed by atoms with van der Waals surface area (Å²) in [7, 11) is 0. The molecule has 21 heavy (non-hydrogen) atoms. The Kier molecular flexibility index (Phi) is 4.32. The summed E-state index contributed by atoms with van der Waals surface area (Å²) in [5.41, 5.74) is 12.1. The predicted octanol–water partition coefficient (Wildman–Crippen LogP) is 3.54. The number of hydrogen-bond acceptors (Lipinski definition) is 2. The molecule has 2 N–H and O–H groups in total. The molecule has 0 fully saturated rings. The lowest BCUT2D eigenvalue weighted by molar-refractivity contribution is -0.116. The van der Waals surface area contributed by atoms with Crippen molar-refractivity contribution in [1.82, 2.24) is 0 Å². The topological polar surface area (TPSA) is 46.3 Å². The van der Waals surface area contributed by atoms with Crippen LogP contribution in [0.1, 0.15) is 22.3 Å². The van der Waals surface area contributed by atoms with Crippen molar-refractivity contribution < 1.29 is 4.79 Å². The molecule has 0 unspecified atom stereocenters. The molecule has 0 heterocycles. The summed E-state index contributed by atoms with van der Waals surface area (Å²) in [6.07, 6.45) is 0. The van der Waals surface area contributed by atoms with Gasteiger partial charge < -0.3 is 10.6 Å². The third-order valence-electron chi connectivity index (χ3n) is 3.35. The number of primary amides is 1. The molecule has 0 aliphatic rings. The summed E-state index contributed by atoms with van der Waals surface area (Å²) in [6.45, 7) is 8.40. The van der Waals surface area contributed by atoms with Crippen LogP contribution in [0, 0.1) is 27.7 Å². The SMILES string of the molecule is Cc1cc(C)cc(N(CC(N)=O)c2cc(C)cc(C)c2)c1. The molecule has 0 aromatic heterocycles. The molecule has 2 rings (SSSR count). The minimum absolute atomic E-state index is 0.172. The fourth-order valence-corrected chi connectivity index (χ4v) is 2.70. The van der Waals surface area contributed by atoms with Crippen molar-refractivity contribution in [3.63, 3.8) is 0 Å². The van der Waals surface area contributed by atoms with Gasteiger partial charge in [0.1, 0.15) is 6.54 Å². The Hall–Kier alpha value is -2.29. The molecule has 110 valence electrons. The lowest BCUT2D eigenvalue weighted by Gasteiger charge is -2.25. The highest BCUT2D eigenvalue weighted by atomic mass is 16.1. The van der Waals surface area contributed by atoms with Crippen LogP contribution in [-0.4, -0.2) is 12.5 Å². The Labute approximate surface area is 126 Å². The van der Waals surface area contributed by atoms with Crippen LogP contribution < -0.4 is 10.6 Å². The van der Waals surface area contributed by atoms with Crippen molar-refractivity contribution >= 4 is 17.3 Å². The molecule has 3 heteroatoms. The van der Waals surface area contributed by atoms with Crippen molar-refractivity contribution in [3.8, 4) is 0 Å². The van der Waals surface area contributed by atoms with E-state index in [1.165, 1.54) is 22.3 Å². The van der Waals surface area contributed by atoms with Crippen LogP contribution in [0.15, 0.2) is 36.4 Å². The van der Waals surface area contributed by atoms with Crippen LogP contribution in [0.5, 0.6) is 0 Å². The Morgan fingerprint density at radius 3 is 1.43 bits per heavy atom. The molecule has 1 amide bonds. The predicted molar refractivity (Wildman–Crippen MR) is 88.0 cm³/mol. The van der Waals surface area contributed by atoms with Crippen molar-refractivity contribution in [3.05, 3.63) is 58.7 Å². The van der Waals surface area contributed by atoms with Gasteiger partial charge in [-0.05, 0) is 74.2 Å². The minimum Gasteiger partial charge on any atom is -0.368 e. The summed E-state index contributed by atoms with van der Waals surface area (Å²) in [5.74, 6) is -0.340. The van der Waals surface area contributed by atoms with Crippen molar-refractivity contribution in [2.75, 3.05) is 11.4 Å². The van der Waals surface area contributed by atoms with Gasteiger partial charge in [0.05, 0.1) is 0 Å². The van der Waals surface area contributed by atoms with E-state index in [0.717, 1.165) is 11.4 Å². The maximum Gasteiger partial charge on any atom is 0.237 e. The third-order valence-corrected chi connectivity index (χ3v) is 3.35. The smallest absolute Gasteiger partial charge is 0.237 e. The van der Waals surface area contributed by atoms with Crippen LogP contribution in [0.4, 0.5) is 11.4 Å². The highest BCUT2D eigenvalue weighted by Crippen LogP contribution is 2.28. The first-order valence-electron chi connectivity index (χ1n) is 7.07. The second kappa shape index (κ2) is 6.00. The van der Waals surface area contributed by atoms with E-state index < -0.39 is 0 Å². The molecule has 0 saturated carbocycles. The summed E-state index contributed by atoms with van der Waals surface area (Å²) < 4.78 is 0. The van der Waals surface area contributed by atoms with Crippen molar-refractivity contribution in [2.24, 2.45) is 5.73 Å². The molecule has 0 radical (unpaired) electrons. The van der Waals surface area contributed by atoms with Gasteiger partial charge in [-0.3, -0.25) is 4.79 Å². The second-order valence-electron chi connectivity index (χ2n) is 5.74. The van der Waals surface area contributed by atoms with Crippen LogP contribution >= 0.6 is 0 Å². The first kappa shape index (κ1) is 15.1. The molecule has 0 atom stereocenters. The van der Waals surface area contributed by atoms with E-state index in [1.54, 1.807) is 0 Å². The van der Waals surface area contributed by atoms with E-state index in [-0.39, 0.29) is 12.5 Å². The Balaban J connectivity index is 2.54. The third kappa shape index (κ3) is 3.85. The van der Waals surface area contributed by atoms with E-state index in [9.17, 15) is 4.79 Å². The van der Waals surface area contributed by atoms with Crippen LogP contribution in [0.2, 0.25) is 0 Å². The van der Waals surface area contributed by atoms with Crippen molar-refractivity contribution in [2.45, 2.75) is 27.7 Å². The zero-order valence-corrected chi connectivity index (χ0v) is 13.1. The molecule has 3 nitrogen and oxygen atoms in total. The van der Waals surface area contributed by atoms with Gasteiger partial charge in [-0.15, -0.1) is 0 Å². The van der Waals surface area contributed by atoms with E-state index >= 15 is 0 Å². The van der Waals surface area contributed by atoms with E-state index in [2.05, 4.69) is 64.1 Å². The van der Waals surface area contributed by atoms with Gasteiger partial charge in [0, 0.05) is 11.4 Å². The first-order chi connectivity index (χ1) is 9.85. The Morgan fingerprint density at radius 2 is 1.14 bits per heavy atom. The standard InChI is InChI=1S/C18H22N2O/c1-12-5-13(2)8-16(7-12)20(11-18(19)21)17-9-14(3)6-15(4)10-17/h5-10H,11H2,1-4H3,(H2,19,21). The maximum atomic E-state index is 11.5. The molecule has 0 aliphatic heterocycles. The normalized spacial score (nSPS) is 10.5. The number of carbonyl (C=O) groups excluding carboxylic acids is 1. The lowest BCUT2D eigenvalue weighted by Crippen LogP contribution is -2.30. The van der Waals surface area contributed by atoms with E-state index in [4.69, 9.17) is 5.73 Å². The zero-order chi connectivity index (χ0) is 15.6. The average Bonchev–Trinajstić information content (AvgIpc) is 2.33. The second-order valence-corrected chi connectivity index (χ2v) is 5.74. The van der Waals surface area contributed by atoms with Gasteiger partial charge in [0.15, 0.2) is 0 Å². The molecule has 0 bridgehead atoms. The Bertz CT molecular complexity index is 585. The molecule has 2 aromatic rings. The van der Waals surface area contributed by atoms with Crippen LogP contribution in [0.25, 0.3) is 0 Å². The van der Waals surface area contributed by atoms with Crippen LogP contribution in [0.3, 0.4) is 0 Å². The first-order valence-corrected chi connectivity index (χ1v) is 7.07. The number of amides is 1. The highest BCUT2D eigenvalue weighted by Gasteiger charge is 2.13. The zero-order valence-electron chi connectivity index (χ0n) is 13.1. The summed E-state index contributed by atoms with van der Waals surface area (Å²) in [4.78, 5) is 13.5. The fourth-order valence-electron chi connectivity index (χ4n) is 2.70. The van der Waals surface area contributed by atoms with E-state index in [0.29, 0.717) is 0 Å². The summed E-state index contributed by atoms with van der Waals surface area (Å²) >= 11 is 0. The van der Waals surface area contributed by atoms with Gasteiger partial charge in [0.2, 0.25) is 5.91 Å². The highest BCUT2D eigenvalue weighted by molar-refractivity contribution is 5.83. The number of benzene rings is 2. The monoisotopic (exact) mass is 282 g/mol. The van der Waals surface area contributed by atoms with Gasteiger partial charge in [-0.2, -0.15) is 0 Å². The number of carbonyl (C=O) groups is 1. The number of hydrogen-bond donors (Lipinski definition) is 1. The van der Waals surface area contributed by atoms with Gasteiger partial charge in [-0.25, -0.2) is 0 Å². The summed E-state index contributed by atoms with van der Waals surface area (Å²) in [6, 6.07) is 12.5. The largest absolute Gasteiger partial charge is 0.368 e. The number of nitrogens with two attached hydrogens (primary N) is 1. The van der Waals surface area contributed by atoms with E-state index in [1.807, 2.05) is 4.90 Å². The quantitative estimate of drug-likeness (QED) is 0.932. The molecular formula is C18H22N2O. The molecule has 2 aromatic carbocycles. The van der Waals surface area contributed by atoms with Gasteiger partial charge >= 0.3 is 0 Å². The Morgan fingerprint density at radius 1 is 0.810 bits per heavy atom. The van der Waals surface area contributed by atoms with Gasteiger partial charge in [0.25, 0.3) is 0 Å².